The van der Waals surface area contributed by atoms with Crippen LogP contribution in [-0.2, 0) is 5.41 Å². The highest BCUT2D eigenvalue weighted by Crippen LogP contribution is 2.29. The SMILES string of the molecule is CC(C)(CNCCC#N)c1c[nH]c2ccccc12. The van der Waals surface area contributed by atoms with Crippen molar-refractivity contribution in [3.8, 4) is 6.07 Å². The number of aromatic amines is 1. The average molecular weight is 241 g/mol. The summed E-state index contributed by atoms with van der Waals surface area (Å²) in [6.07, 6.45) is 2.65. The number of aromatic nitrogens is 1. The number of H-pyrrole nitrogens is 1. The molecule has 0 unspecified atom stereocenters. The highest BCUT2D eigenvalue weighted by atomic mass is 14.9. The fourth-order valence-electron chi connectivity index (χ4n) is 2.27. The van der Waals surface area contributed by atoms with Gasteiger partial charge in [-0.1, -0.05) is 32.0 Å². The van der Waals surface area contributed by atoms with Crippen LogP contribution in [0.15, 0.2) is 30.5 Å². The first-order valence-electron chi connectivity index (χ1n) is 6.29. The van der Waals surface area contributed by atoms with Crippen LogP contribution in [0.2, 0.25) is 0 Å². The molecule has 0 saturated heterocycles. The normalized spacial score (nSPS) is 11.6. The van der Waals surface area contributed by atoms with E-state index in [4.69, 9.17) is 5.26 Å². The summed E-state index contributed by atoms with van der Waals surface area (Å²) in [5.41, 5.74) is 2.55. The predicted molar refractivity (Wildman–Crippen MR) is 74.4 cm³/mol. The zero-order valence-electron chi connectivity index (χ0n) is 11.0. The van der Waals surface area contributed by atoms with Gasteiger partial charge in [0.1, 0.15) is 0 Å². The van der Waals surface area contributed by atoms with Crippen LogP contribution in [0.4, 0.5) is 0 Å². The fourth-order valence-corrected chi connectivity index (χ4v) is 2.27. The maximum Gasteiger partial charge on any atom is 0.0635 e. The van der Waals surface area contributed by atoms with Crippen molar-refractivity contribution in [2.45, 2.75) is 25.7 Å². The molecule has 0 amide bonds. The van der Waals surface area contributed by atoms with Gasteiger partial charge in [0.05, 0.1) is 6.07 Å². The van der Waals surface area contributed by atoms with E-state index in [1.807, 2.05) is 6.07 Å². The van der Waals surface area contributed by atoms with Crippen LogP contribution in [0, 0.1) is 11.3 Å². The van der Waals surface area contributed by atoms with E-state index in [1.54, 1.807) is 0 Å². The van der Waals surface area contributed by atoms with Gasteiger partial charge in [0.2, 0.25) is 0 Å². The molecule has 0 aliphatic heterocycles. The number of benzene rings is 1. The first kappa shape index (κ1) is 12.7. The van der Waals surface area contributed by atoms with Crippen LogP contribution < -0.4 is 5.32 Å². The minimum absolute atomic E-state index is 0.0507. The smallest absolute Gasteiger partial charge is 0.0635 e. The minimum atomic E-state index is 0.0507. The van der Waals surface area contributed by atoms with Crippen molar-refractivity contribution in [1.29, 1.82) is 5.26 Å². The number of nitrogens with one attached hydrogen (secondary N) is 2. The van der Waals surface area contributed by atoms with Gasteiger partial charge < -0.3 is 10.3 Å². The molecule has 3 heteroatoms. The Labute approximate surface area is 108 Å². The van der Waals surface area contributed by atoms with Gasteiger partial charge in [-0.3, -0.25) is 0 Å². The maximum atomic E-state index is 8.53. The molecular formula is C15H19N3. The summed E-state index contributed by atoms with van der Waals surface area (Å²) in [7, 11) is 0. The second kappa shape index (κ2) is 5.24. The summed E-state index contributed by atoms with van der Waals surface area (Å²) >= 11 is 0. The van der Waals surface area contributed by atoms with Crippen LogP contribution in [0.1, 0.15) is 25.8 Å². The standard InChI is InChI=1S/C15H19N3/c1-15(2,11-17-9-5-8-16)13-10-18-14-7-4-3-6-12(13)14/h3-4,6-7,10,17-18H,5,9,11H2,1-2H3. The van der Waals surface area contributed by atoms with Gasteiger partial charge in [0.15, 0.2) is 0 Å². The first-order chi connectivity index (χ1) is 8.65. The molecule has 0 spiro atoms. The molecule has 3 nitrogen and oxygen atoms in total. The molecule has 0 aliphatic rings. The van der Waals surface area contributed by atoms with Crippen molar-refractivity contribution in [2.24, 2.45) is 0 Å². The Morgan fingerprint density at radius 1 is 1.33 bits per heavy atom. The Kier molecular flexibility index (Phi) is 3.69. The van der Waals surface area contributed by atoms with Crippen molar-refractivity contribution in [3.63, 3.8) is 0 Å². The molecule has 0 fully saturated rings. The van der Waals surface area contributed by atoms with Crippen LogP contribution in [-0.4, -0.2) is 18.1 Å². The van der Waals surface area contributed by atoms with Gasteiger partial charge in [0, 0.05) is 42.0 Å². The molecule has 1 aromatic heterocycles. The van der Waals surface area contributed by atoms with E-state index >= 15 is 0 Å². The van der Waals surface area contributed by atoms with Gasteiger partial charge in [0.25, 0.3) is 0 Å². The Morgan fingerprint density at radius 2 is 2.11 bits per heavy atom. The van der Waals surface area contributed by atoms with Gasteiger partial charge in [-0.2, -0.15) is 5.26 Å². The minimum Gasteiger partial charge on any atom is -0.361 e. The highest BCUT2D eigenvalue weighted by molar-refractivity contribution is 5.84. The highest BCUT2D eigenvalue weighted by Gasteiger charge is 2.23. The fraction of sp³-hybridized carbons (Fsp3) is 0.400. The number of nitriles is 1. The van der Waals surface area contributed by atoms with Gasteiger partial charge in [-0.25, -0.2) is 0 Å². The third-order valence-electron chi connectivity index (χ3n) is 3.30. The summed E-state index contributed by atoms with van der Waals surface area (Å²) in [6.45, 7) is 6.07. The van der Waals surface area contributed by atoms with Crippen molar-refractivity contribution in [1.82, 2.24) is 10.3 Å². The summed E-state index contributed by atoms with van der Waals surface area (Å²) in [5.74, 6) is 0. The van der Waals surface area contributed by atoms with Crippen molar-refractivity contribution in [3.05, 3.63) is 36.0 Å². The molecule has 0 aliphatic carbocycles. The zero-order valence-corrected chi connectivity index (χ0v) is 11.0. The third-order valence-corrected chi connectivity index (χ3v) is 3.30. The van der Waals surface area contributed by atoms with E-state index in [-0.39, 0.29) is 5.41 Å². The third kappa shape index (κ3) is 2.55. The number of para-hydroxylation sites is 1. The summed E-state index contributed by atoms with van der Waals surface area (Å²) in [4.78, 5) is 3.32. The number of hydrogen-bond acceptors (Lipinski definition) is 2. The summed E-state index contributed by atoms with van der Waals surface area (Å²) < 4.78 is 0. The number of hydrogen-bond donors (Lipinski definition) is 2. The lowest BCUT2D eigenvalue weighted by Gasteiger charge is -2.24. The summed E-state index contributed by atoms with van der Waals surface area (Å²) in [6, 6.07) is 10.5. The van der Waals surface area contributed by atoms with Gasteiger partial charge in [-0.15, -0.1) is 0 Å². The average Bonchev–Trinajstić information content (AvgIpc) is 2.79. The van der Waals surface area contributed by atoms with E-state index in [0.717, 1.165) is 13.1 Å². The van der Waals surface area contributed by atoms with Gasteiger partial charge in [-0.05, 0) is 11.6 Å². The molecule has 94 valence electrons. The van der Waals surface area contributed by atoms with E-state index < -0.39 is 0 Å². The zero-order chi connectivity index (χ0) is 13.0. The van der Waals surface area contributed by atoms with E-state index in [9.17, 15) is 0 Å². The Balaban J connectivity index is 2.16. The Morgan fingerprint density at radius 3 is 2.89 bits per heavy atom. The molecular weight excluding hydrogens is 222 g/mol. The maximum absolute atomic E-state index is 8.53. The molecule has 1 aromatic carbocycles. The first-order valence-corrected chi connectivity index (χ1v) is 6.29. The quantitative estimate of drug-likeness (QED) is 0.791. The molecule has 18 heavy (non-hydrogen) atoms. The topological polar surface area (TPSA) is 51.6 Å². The van der Waals surface area contributed by atoms with Gasteiger partial charge >= 0.3 is 0 Å². The molecule has 0 saturated carbocycles. The molecule has 1 heterocycles. The van der Waals surface area contributed by atoms with Crippen molar-refractivity contribution < 1.29 is 0 Å². The van der Waals surface area contributed by atoms with Crippen LogP contribution >= 0.6 is 0 Å². The molecule has 0 bridgehead atoms. The molecule has 2 N–H and O–H groups in total. The second-order valence-corrected chi connectivity index (χ2v) is 5.22. The molecule has 0 radical (unpaired) electrons. The Hall–Kier alpha value is -1.79. The number of rotatable bonds is 5. The van der Waals surface area contributed by atoms with Crippen molar-refractivity contribution >= 4 is 10.9 Å². The summed E-state index contributed by atoms with van der Waals surface area (Å²) in [5, 5.41) is 13.2. The monoisotopic (exact) mass is 241 g/mol. The second-order valence-electron chi connectivity index (χ2n) is 5.22. The predicted octanol–water partition coefficient (Wildman–Crippen LogP) is 2.95. The van der Waals surface area contributed by atoms with Crippen molar-refractivity contribution in [2.75, 3.05) is 13.1 Å². The van der Waals surface area contributed by atoms with E-state index in [2.05, 4.69) is 54.6 Å². The van der Waals surface area contributed by atoms with Crippen LogP contribution in [0.5, 0.6) is 0 Å². The van der Waals surface area contributed by atoms with Crippen LogP contribution in [0.25, 0.3) is 10.9 Å². The lowest BCUT2D eigenvalue weighted by Crippen LogP contribution is -2.33. The number of nitrogens with zero attached hydrogens (tertiary/aromatic N) is 1. The lowest BCUT2D eigenvalue weighted by molar-refractivity contribution is 0.476. The number of fused-ring (bicyclic) bond motifs is 1. The molecule has 2 aromatic rings. The van der Waals surface area contributed by atoms with E-state index in [0.29, 0.717) is 6.42 Å². The van der Waals surface area contributed by atoms with E-state index in [1.165, 1.54) is 16.5 Å². The molecule has 0 atom stereocenters. The lowest BCUT2D eigenvalue weighted by atomic mass is 9.84. The molecule has 2 rings (SSSR count). The van der Waals surface area contributed by atoms with Crippen LogP contribution in [0.3, 0.4) is 0 Å². The Bertz CT molecular complexity index is 560. The largest absolute Gasteiger partial charge is 0.361 e.